The first-order chi connectivity index (χ1) is 7.08. The second-order valence-corrected chi connectivity index (χ2v) is 3.89. The Balaban J connectivity index is 2.33. The van der Waals surface area contributed by atoms with E-state index in [0.717, 1.165) is 12.4 Å². The van der Waals surface area contributed by atoms with Crippen LogP contribution >= 0.6 is 0 Å². The Hall–Kier alpha value is -1.23. The number of nitrogens with zero attached hydrogens (tertiary/aromatic N) is 2. The Bertz CT molecular complexity index is 289. The summed E-state index contributed by atoms with van der Waals surface area (Å²) in [5.41, 5.74) is 0. The number of aliphatic hydroxyl groups excluding tert-OH is 1. The molecule has 1 aromatic heterocycles. The Kier molecular flexibility index (Phi) is 4.42. The van der Waals surface area contributed by atoms with E-state index in [4.69, 9.17) is 0 Å². The van der Waals surface area contributed by atoms with Crippen LogP contribution in [0.4, 0.5) is 10.3 Å². The Labute approximate surface area is 88.6 Å². The Morgan fingerprint density at radius 1 is 1.40 bits per heavy atom. The lowest BCUT2D eigenvalue weighted by Gasteiger charge is -2.13. The zero-order valence-corrected chi connectivity index (χ0v) is 8.94. The first kappa shape index (κ1) is 11.8. The van der Waals surface area contributed by atoms with Crippen molar-refractivity contribution in [2.75, 3.05) is 11.9 Å². The molecule has 1 unspecified atom stereocenters. The van der Waals surface area contributed by atoms with Crippen LogP contribution in [0.3, 0.4) is 0 Å². The lowest BCUT2D eigenvalue weighted by atomic mass is 10.1. The summed E-state index contributed by atoms with van der Waals surface area (Å²) in [4.78, 5) is 7.44. The van der Waals surface area contributed by atoms with Crippen molar-refractivity contribution in [3.8, 4) is 0 Å². The van der Waals surface area contributed by atoms with Gasteiger partial charge < -0.3 is 10.4 Å². The van der Waals surface area contributed by atoms with Crippen LogP contribution in [0.5, 0.6) is 0 Å². The van der Waals surface area contributed by atoms with Crippen molar-refractivity contribution < 1.29 is 9.50 Å². The van der Waals surface area contributed by atoms with Crippen molar-refractivity contribution in [1.82, 2.24) is 9.97 Å². The lowest BCUT2D eigenvalue weighted by molar-refractivity contribution is 0.161. The van der Waals surface area contributed by atoms with Gasteiger partial charge in [-0.2, -0.15) is 0 Å². The van der Waals surface area contributed by atoms with Crippen LogP contribution < -0.4 is 5.32 Å². The highest BCUT2D eigenvalue weighted by Crippen LogP contribution is 2.05. The van der Waals surface area contributed by atoms with Gasteiger partial charge in [-0.3, -0.25) is 0 Å². The van der Waals surface area contributed by atoms with E-state index in [0.29, 0.717) is 24.8 Å². The average Bonchev–Trinajstić information content (AvgIpc) is 2.16. The maximum Gasteiger partial charge on any atom is 0.222 e. The summed E-state index contributed by atoms with van der Waals surface area (Å²) >= 11 is 0. The predicted octanol–water partition coefficient (Wildman–Crippen LogP) is 1.43. The van der Waals surface area contributed by atoms with Crippen LogP contribution in [0.2, 0.25) is 0 Å². The molecule has 0 fully saturated rings. The van der Waals surface area contributed by atoms with Gasteiger partial charge in [-0.1, -0.05) is 13.8 Å². The van der Waals surface area contributed by atoms with Crippen molar-refractivity contribution in [1.29, 1.82) is 0 Å². The molecule has 1 heterocycles. The smallest absolute Gasteiger partial charge is 0.222 e. The van der Waals surface area contributed by atoms with E-state index in [2.05, 4.69) is 15.3 Å². The SMILES string of the molecule is CC(C)CC(O)CNc1ncc(F)cn1. The topological polar surface area (TPSA) is 58.0 Å². The molecule has 1 aromatic rings. The Morgan fingerprint density at radius 2 is 2.00 bits per heavy atom. The lowest BCUT2D eigenvalue weighted by Crippen LogP contribution is -2.22. The fourth-order valence-corrected chi connectivity index (χ4v) is 1.24. The zero-order valence-electron chi connectivity index (χ0n) is 8.94. The summed E-state index contributed by atoms with van der Waals surface area (Å²) in [5.74, 6) is 0.304. The number of rotatable bonds is 5. The largest absolute Gasteiger partial charge is 0.391 e. The molecule has 0 amide bonds. The molecule has 0 aliphatic rings. The van der Waals surface area contributed by atoms with Gasteiger partial charge in [0.2, 0.25) is 5.95 Å². The molecular formula is C10H16FN3O. The summed E-state index contributed by atoms with van der Waals surface area (Å²) < 4.78 is 12.5. The number of hydrogen-bond acceptors (Lipinski definition) is 4. The molecule has 0 aliphatic heterocycles. The van der Waals surface area contributed by atoms with Crippen molar-refractivity contribution in [2.45, 2.75) is 26.4 Å². The number of hydrogen-bond donors (Lipinski definition) is 2. The molecule has 15 heavy (non-hydrogen) atoms. The summed E-state index contributed by atoms with van der Waals surface area (Å²) in [6.45, 7) is 4.46. The van der Waals surface area contributed by atoms with Gasteiger partial charge >= 0.3 is 0 Å². The molecule has 0 bridgehead atoms. The molecule has 5 heteroatoms. The second kappa shape index (κ2) is 5.60. The summed E-state index contributed by atoms with van der Waals surface area (Å²) in [6.07, 6.45) is 2.46. The van der Waals surface area contributed by atoms with Gasteiger partial charge in [-0.05, 0) is 12.3 Å². The van der Waals surface area contributed by atoms with Gasteiger partial charge in [-0.25, -0.2) is 14.4 Å². The van der Waals surface area contributed by atoms with Gasteiger partial charge in [0.15, 0.2) is 5.82 Å². The molecule has 1 rings (SSSR count). The molecule has 0 spiro atoms. The van der Waals surface area contributed by atoms with Crippen LogP contribution in [0, 0.1) is 11.7 Å². The molecule has 0 radical (unpaired) electrons. The highest BCUT2D eigenvalue weighted by molar-refractivity contribution is 5.22. The molecule has 0 saturated carbocycles. The fourth-order valence-electron chi connectivity index (χ4n) is 1.24. The van der Waals surface area contributed by atoms with E-state index in [1.54, 1.807) is 0 Å². The number of aliphatic hydroxyl groups is 1. The van der Waals surface area contributed by atoms with E-state index in [1.165, 1.54) is 0 Å². The van der Waals surface area contributed by atoms with E-state index >= 15 is 0 Å². The third kappa shape index (κ3) is 4.69. The van der Waals surface area contributed by atoms with Crippen LogP contribution in [-0.2, 0) is 0 Å². The van der Waals surface area contributed by atoms with Gasteiger partial charge in [0.05, 0.1) is 18.5 Å². The summed E-state index contributed by atoms with van der Waals surface area (Å²) in [6, 6.07) is 0. The highest BCUT2D eigenvalue weighted by Gasteiger charge is 2.07. The van der Waals surface area contributed by atoms with Crippen molar-refractivity contribution in [2.24, 2.45) is 5.92 Å². The standard InChI is InChI=1S/C10H16FN3O/c1-7(2)3-9(15)6-14-10-12-4-8(11)5-13-10/h4-5,7,9,15H,3,6H2,1-2H3,(H,12,13,14). The van der Waals surface area contributed by atoms with Gasteiger partial charge in [0.25, 0.3) is 0 Å². The van der Waals surface area contributed by atoms with Crippen LogP contribution in [0.15, 0.2) is 12.4 Å². The number of nitrogens with one attached hydrogen (secondary N) is 1. The van der Waals surface area contributed by atoms with Gasteiger partial charge in [0, 0.05) is 6.54 Å². The predicted molar refractivity (Wildman–Crippen MR) is 55.9 cm³/mol. The third-order valence-corrected chi connectivity index (χ3v) is 1.86. The molecule has 1 atom stereocenters. The normalized spacial score (nSPS) is 12.9. The quantitative estimate of drug-likeness (QED) is 0.777. The Morgan fingerprint density at radius 3 is 2.53 bits per heavy atom. The van der Waals surface area contributed by atoms with Crippen LogP contribution in [0.1, 0.15) is 20.3 Å². The minimum absolute atomic E-state index is 0.333. The number of aromatic nitrogens is 2. The maximum atomic E-state index is 12.5. The van der Waals surface area contributed by atoms with Crippen LogP contribution in [0.25, 0.3) is 0 Å². The van der Waals surface area contributed by atoms with Crippen molar-refractivity contribution >= 4 is 5.95 Å². The molecule has 0 aromatic carbocycles. The minimum atomic E-state index is -0.469. The average molecular weight is 213 g/mol. The number of halogens is 1. The molecule has 0 saturated heterocycles. The number of anilines is 1. The molecule has 84 valence electrons. The van der Waals surface area contributed by atoms with Crippen molar-refractivity contribution in [3.05, 3.63) is 18.2 Å². The third-order valence-electron chi connectivity index (χ3n) is 1.86. The summed E-state index contributed by atoms with van der Waals surface area (Å²) in [7, 11) is 0. The molecule has 0 aliphatic carbocycles. The van der Waals surface area contributed by atoms with Gasteiger partial charge in [0.1, 0.15) is 0 Å². The molecular weight excluding hydrogens is 197 g/mol. The van der Waals surface area contributed by atoms with E-state index in [-0.39, 0.29) is 0 Å². The fraction of sp³-hybridized carbons (Fsp3) is 0.600. The van der Waals surface area contributed by atoms with Crippen molar-refractivity contribution in [3.63, 3.8) is 0 Å². The van der Waals surface area contributed by atoms with E-state index < -0.39 is 11.9 Å². The van der Waals surface area contributed by atoms with Gasteiger partial charge in [-0.15, -0.1) is 0 Å². The second-order valence-electron chi connectivity index (χ2n) is 3.89. The zero-order chi connectivity index (χ0) is 11.3. The van der Waals surface area contributed by atoms with E-state index in [9.17, 15) is 9.50 Å². The van der Waals surface area contributed by atoms with E-state index in [1.807, 2.05) is 13.8 Å². The first-order valence-corrected chi connectivity index (χ1v) is 4.97. The maximum absolute atomic E-state index is 12.5. The molecule has 4 nitrogen and oxygen atoms in total. The highest BCUT2D eigenvalue weighted by atomic mass is 19.1. The monoisotopic (exact) mass is 213 g/mol. The first-order valence-electron chi connectivity index (χ1n) is 4.97. The minimum Gasteiger partial charge on any atom is -0.391 e. The van der Waals surface area contributed by atoms with Crippen LogP contribution in [-0.4, -0.2) is 27.7 Å². The summed E-state index contributed by atoms with van der Waals surface area (Å²) in [5, 5.41) is 12.4. The molecule has 2 N–H and O–H groups in total.